The van der Waals surface area contributed by atoms with Gasteiger partial charge in [0.05, 0.1) is 18.5 Å². The van der Waals surface area contributed by atoms with Crippen molar-refractivity contribution in [2.24, 2.45) is 10.9 Å². The Bertz CT molecular complexity index is 892. The third-order valence-corrected chi connectivity index (χ3v) is 6.07. The molecule has 1 aromatic carbocycles. The van der Waals surface area contributed by atoms with Crippen molar-refractivity contribution in [1.82, 2.24) is 15.2 Å². The van der Waals surface area contributed by atoms with Gasteiger partial charge in [-0.05, 0) is 55.5 Å². The molecule has 1 fully saturated rings. The fraction of sp³-hybridized carbons (Fsp3) is 0.500. The van der Waals surface area contributed by atoms with Crippen LogP contribution in [0.4, 0.5) is 4.39 Å². The van der Waals surface area contributed by atoms with Gasteiger partial charge < -0.3 is 10.2 Å². The third-order valence-electron chi connectivity index (χ3n) is 6.07. The Morgan fingerprint density at radius 2 is 2.07 bits per heavy atom. The van der Waals surface area contributed by atoms with E-state index in [2.05, 4.69) is 48.1 Å². The van der Waals surface area contributed by atoms with Crippen molar-refractivity contribution in [2.45, 2.75) is 52.2 Å². The molecule has 4 rings (SSSR count). The summed E-state index contributed by atoms with van der Waals surface area (Å²) in [5, 5.41) is 3.75. The molecule has 0 amide bonds. The second-order valence-corrected chi connectivity index (χ2v) is 8.87. The molecule has 0 radical (unpaired) electrons. The molecule has 1 N–H and O–H groups in total. The van der Waals surface area contributed by atoms with Gasteiger partial charge in [-0.15, -0.1) is 0 Å². The van der Waals surface area contributed by atoms with Gasteiger partial charge in [0.15, 0.2) is 0 Å². The average Bonchev–Trinajstić information content (AvgIpc) is 3.10. The highest BCUT2D eigenvalue weighted by molar-refractivity contribution is 6.05. The molecule has 29 heavy (non-hydrogen) atoms. The summed E-state index contributed by atoms with van der Waals surface area (Å²) >= 11 is 0. The topological polar surface area (TPSA) is 40.5 Å². The highest BCUT2D eigenvalue weighted by Gasteiger charge is 2.26. The van der Waals surface area contributed by atoms with Gasteiger partial charge in [-0.1, -0.05) is 26.0 Å². The fourth-order valence-electron chi connectivity index (χ4n) is 4.54. The van der Waals surface area contributed by atoms with Crippen LogP contribution in [0.1, 0.15) is 44.7 Å². The monoisotopic (exact) mass is 394 g/mol. The lowest BCUT2D eigenvalue weighted by molar-refractivity contribution is 0.123. The first-order chi connectivity index (χ1) is 14.0. The Labute approximate surface area is 173 Å². The number of fused-ring (bicyclic) bond motifs is 1. The standard InChI is InChI=1S/C24H31FN4/c1-16(2)15-29-7-6-22(8-17(29)3)27-14-24-23-10-18(4-5-19(23)12-28-24)20-9-21(25)13-26-11-20/h4-5,9-11,13,16-17,22,27H,6-8,12,14-15H2,1-3H3. The molecule has 0 spiro atoms. The average molecular weight is 395 g/mol. The molecule has 0 aliphatic carbocycles. The number of aliphatic imine (C=N–C) groups is 1. The van der Waals surface area contributed by atoms with Crippen LogP contribution in [0.25, 0.3) is 11.1 Å². The van der Waals surface area contributed by atoms with E-state index in [0.29, 0.717) is 18.0 Å². The number of nitrogens with one attached hydrogen (secondary N) is 1. The Morgan fingerprint density at radius 1 is 1.21 bits per heavy atom. The first-order valence-electron chi connectivity index (χ1n) is 10.7. The van der Waals surface area contributed by atoms with Crippen LogP contribution >= 0.6 is 0 Å². The number of benzene rings is 1. The first-order valence-corrected chi connectivity index (χ1v) is 10.7. The van der Waals surface area contributed by atoms with Crippen LogP contribution in [0.15, 0.2) is 41.7 Å². The van der Waals surface area contributed by atoms with Gasteiger partial charge in [0.2, 0.25) is 0 Å². The summed E-state index contributed by atoms with van der Waals surface area (Å²) in [6, 6.07) is 8.97. The summed E-state index contributed by atoms with van der Waals surface area (Å²) in [7, 11) is 0. The lowest BCUT2D eigenvalue weighted by atomic mass is 9.96. The molecule has 2 atom stereocenters. The van der Waals surface area contributed by atoms with Gasteiger partial charge in [0.1, 0.15) is 5.82 Å². The smallest absolute Gasteiger partial charge is 0.142 e. The van der Waals surface area contributed by atoms with Gasteiger partial charge in [0.25, 0.3) is 0 Å². The lowest BCUT2D eigenvalue weighted by Crippen LogP contribution is -2.49. The van der Waals surface area contributed by atoms with Gasteiger partial charge in [-0.25, -0.2) is 4.39 Å². The van der Waals surface area contributed by atoms with E-state index < -0.39 is 0 Å². The molecule has 2 unspecified atom stereocenters. The highest BCUT2D eigenvalue weighted by atomic mass is 19.1. The largest absolute Gasteiger partial charge is 0.308 e. The number of aromatic nitrogens is 1. The predicted octanol–water partition coefficient (Wildman–Crippen LogP) is 4.29. The zero-order chi connectivity index (χ0) is 20.4. The van der Waals surface area contributed by atoms with Crippen molar-refractivity contribution in [2.75, 3.05) is 19.6 Å². The maximum absolute atomic E-state index is 13.6. The molecule has 2 aromatic rings. The maximum Gasteiger partial charge on any atom is 0.142 e. The highest BCUT2D eigenvalue weighted by Crippen LogP contribution is 2.27. The maximum atomic E-state index is 13.6. The van der Waals surface area contributed by atoms with Crippen LogP contribution < -0.4 is 5.32 Å². The Morgan fingerprint density at radius 3 is 2.83 bits per heavy atom. The quantitative estimate of drug-likeness (QED) is 0.795. The van der Waals surface area contributed by atoms with E-state index in [1.165, 1.54) is 42.8 Å². The van der Waals surface area contributed by atoms with Crippen LogP contribution in [0.5, 0.6) is 0 Å². The van der Waals surface area contributed by atoms with Crippen LogP contribution in [-0.4, -0.2) is 47.3 Å². The first kappa shape index (κ1) is 20.2. The van der Waals surface area contributed by atoms with Crippen LogP contribution in [-0.2, 0) is 6.54 Å². The minimum Gasteiger partial charge on any atom is -0.308 e. The fourth-order valence-corrected chi connectivity index (χ4v) is 4.54. The number of likely N-dealkylation sites (tertiary alicyclic amines) is 1. The lowest BCUT2D eigenvalue weighted by Gasteiger charge is -2.39. The van der Waals surface area contributed by atoms with Gasteiger partial charge in [0, 0.05) is 42.5 Å². The number of rotatable bonds is 6. The van der Waals surface area contributed by atoms with Crippen LogP contribution in [0.3, 0.4) is 0 Å². The van der Waals surface area contributed by atoms with Crippen molar-refractivity contribution < 1.29 is 4.39 Å². The summed E-state index contributed by atoms with van der Waals surface area (Å²) in [4.78, 5) is 11.4. The minimum atomic E-state index is -0.309. The van der Waals surface area contributed by atoms with Crippen molar-refractivity contribution in [3.05, 3.63) is 53.6 Å². The number of hydrogen-bond donors (Lipinski definition) is 1. The van der Waals surface area contributed by atoms with Gasteiger partial charge >= 0.3 is 0 Å². The number of nitrogens with zero attached hydrogens (tertiary/aromatic N) is 3. The van der Waals surface area contributed by atoms with E-state index in [1.54, 1.807) is 6.20 Å². The summed E-state index contributed by atoms with van der Waals surface area (Å²) < 4.78 is 13.6. The molecule has 2 aliphatic rings. The SMILES string of the molecule is CC(C)CN1CCC(NCC2=NCc3ccc(-c4cncc(F)c4)cc32)CC1C. The summed E-state index contributed by atoms with van der Waals surface area (Å²) in [6.07, 6.45) is 5.32. The number of hydrogen-bond acceptors (Lipinski definition) is 4. The minimum absolute atomic E-state index is 0.309. The third kappa shape index (κ3) is 4.73. The van der Waals surface area contributed by atoms with E-state index in [1.807, 2.05) is 6.07 Å². The molecular weight excluding hydrogens is 363 g/mol. The van der Waals surface area contributed by atoms with Crippen LogP contribution in [0, 0.1) is 11.7 Å². The zero-order valence-corrected chi connectivity index (χ0v) is 17.7. The second-order valence-electron chi connectivity index (χ2n) is 8.87. The summed E-state index contributed by atoms with van der Waals surface area (Å²) in [5.41, 5.74) is 5.34. The zero-order valence-electron chi connectivity index (χ0n) is 17.7. The Kier molecular flexibility index (Phi) is 6.07. The number of pyridine rings is 1. The second kappa shape index (κ2) is 8.72. The molecule has 154 valence electrons. The van der Waals surface area contributed by atoms with E-state index in [4.69, 9.17) is 4.99 Å². The van der Waals surface area contributed by atoms with Crippen molar-refractivity contribution >= 4 is 5.71 Å². The molecule has 1 saturated heterocycles. The molecule has 0 saturated carbocycles. The molecule has 3 heterocycles. The molecule has 5 heteroatoms. The Balaban J connectivity index is 1.39. The predicted molar refractivity (Wildman–Crippen MR) is 117 cm³/mol. The summed E-state index contributed by atoms with van der Waals surface area (Å²) in [6.45, 7) is 10.8. The summed E-state index contributed by atoms with van der Waals surface area (Å²) in [5.74, 6) is 0.408. The van der Waals surface area contributed by atoms with Crippen molar-refractivity contribution in [1.29, 1.82) is 0 Å². The molecular formula is C24H31FN4. The van der Waals surface area contributed by atoms with Crippen molar-refractivity contribution in [3.8, 4) is 11.1 Å². The number of halogens is 1. The van der Waals surface area contributed by atoms with Crippen molar-refractivity contribution in [3.63, 3.8) is 0 Å². The number of piperidine rings is 1. The van der Waals surface area contributed by atoms with Crippen LogP contribution in [0.2, 0.25) is 0 Å². The van der Waals surface area contributed by atoms with E-state index in [0.717, 1.165) is 36.5 Å². The van der Waals surface area contributed by atoms with E-state index in [-0.39, 0.29) is 5.82 Å². The molecule has 2 aliphatic heterocycles. The van der Waals surface area contributed by atoms with Gasteiger partial charge in [-0.3, -0.25) is 9.98 Å². The molecule has 1 aromatic heterocycles. The van der Waals surface area contributed by atoms with E-state index >= 15 is 0 Å². The molecule has 4 nitrogen and oxygen atoms in total. The van der Waals surface area contributed by atoms with Gasteiger partial charge in [-0.2, -0.15) is 0 Å². The Hall–Kier alpha value is -2.11. The molecule has 0 bridgehead atoms. The normalized spacial score (nSPS) is 22.0. The van der Waals surface area contributed by atoms with E-state index in [9.17, 15) is 4.39 Å².